The van der Waals surface area contributed by atoms with Gasteiger partial charge in [0.2, 0.25) is 0 Å². The number of phenols is 1. The first kappa shape index (κ1) is 50.3. The van der Waals surface area contributed by atoms with Crippen LogP contribution in [0.2, 0.25) is 0 Å². The molecule has 0 saturated carbocycles. The largest absolute Gasteiger partial charge is 2.00 e. The molecule has 0 amide bonds. The van der Waals surface area contributed by atoms with Crippen LogP contribution in [0.1, 0.15) is 128 Å². The van der Waals surface area contributed by atoms with Crippen molar-refractivity contribution in [2.24, 2.45) is 0 Å². The Morgan fingerprint density at radius 3 is 1.30 bits per heavy atom. The van der Waals surface area contributed by atoms with E-state index in [9.17, 15) is 36.2 Å². The molecule has 4 aromatic rings. The molecule has 0 bridgehead atoms. The molecule has 0 aromatic heterocycles. The van der Waals surface area contributed by atoms with Gasteiger partial charge in [-0.15, -0.1) is 5.75 Å². The summed E-state index contributed by atoms with van der Waals surface area (Å²) >= 11 is 0. The maximum Gasteiger partial charge on any atom is 2.00 e. The summed E-state index contributed by atoms with van der Waals surface area (Å²) < 4.78 is 79.3. The van der Waals surface area contributed by atoms with E-state index in [1.54, 1.807) is 12.1 Å². The first-order valence-electron chi connectivity index (χ1n) is 19.9. The van der Waals surface area contributed by atoms with E-state index >= 15 is 0 Å². The average molecular weight is 851 g/mol. The molecule has 308 valence electrons. The molecule has 4 rings (SSSR count). The molecule has 2 N–H and O–H groups in total. The monoisotopic (exact) mass is 850 g/mol. The van der Waals surface area contributed by atoms with Gasteiger partial charge in [0, 0.05) is 0 Å². The number of hydrogen-bond donors (Lipinski definition) is 2. The molecule has 0 spiro atoms. The number of aromatic hydroxyl groups is 1. The summed E-state index contributed by atoms with van der Waals surface area (Å²) in [5.74, 6) is 0.632. The van der Waals surface area contributed by atoms with Crippen molar-refractivity contribution < 1.29 is 45.6 Å². The fourth-order valence-electron chi connectivity index (χ4n) is 6.18. The number of phenolic OH excluding ortho intramolecular Hbond substituents is 1. The summed E-state index contributed by atoms with van der Waals surface area (Å²) in [4.78, 5) is -0.603. The standard InChI is InChI=1S/2C22H30O5S.Ca/c2*1-2-3-4-5-6-7-8-9-10-18-11-16-21(22(17-18)28(24,25)26)27-20-14-12-19(23)13-15-20;/h2*11-17,23H,2-10H2,1H3,(H,24,25,26);/q;;+2/p-2. The van der Waals surface area contributed by atoms with Crippen LogP contribution < -0.4 is 14.6 Å². The molecule has 0 unspecified atom stereocenters. The zero-order valence-corrected chi connectivity index (χ0v) is 37.3. The van der Waals surface area contributed by atoms with Gasteiger partial charge in [0.05, 0.1) is 4.90 Å². The number of rotatable bonds is 24. The van der Waals surface area contributed by atoms with Gasteiger partial charge in [0.1, 0.15) is 43.8 Å². The summed E-state index contributed by atoms with van der Waals surface area (Å²) in [5, 5.41) is 20.5. The van der Waals surface area contributed by atoms with Crippen LogP contribution in [0, 0.1) is 0 Å². The second-order valence-corrected chi connectivity index (χ2v) is 16.8. The van der Waals surface area contributed by atoms with Gasteiger partial charge in [-0.3, -0.25) is 4.55 Å². The third kappa shape index (κ3) is 20.1. The number of unbranched alkanes of at least 4 members (excludes halogenated alkanes) is 14. The van der Waals surface area contributed by atoms with Crippen LogP contribution >= 0.6 is 0 Å². The summed E-state index contributed by atoms with van der Waals surface area (Å²) in [6.45, 7) is 4.41. The minimum absolute atomic E-state index is 0. The third-order valence-electron chi connectivity index (χ3n) is 9.32. The maximum atomic E-state index is 11.8. The van der Waals surface area contributed by atoms with Gasteiger partial charge in [-0.1, -0.05) is 128 Å². The van der Waals surface area contributed by atoms with E-state index in [0.717, 1.165) is 49.7 Å². The van der Waals surface area contributed by atoms with Crippen molar-refractivity contribution in [3.8, 4) is 34.5 Å². The summed E-state index contributed by atoms with van der Waals surface area (Å²) in [5.41, 5.74) is 1.67. The van der Waals surface area contributed by atoms with E-state index in [4.69, 9.17) is 9.47 Å². The van der Waals surface area contributed by atoms with E-state index < -0.39 is 20.2 Å². The molecule has 0 atom stereocenters. The SMILES string of the molecule is CCCCCCCCCCc1ccc(Oc2ccc(O)cc2)c(S(=O)(=O)O)c1.CCCCCCCCCCc1ccc(Oc2ccc([O-])cc2)c(S(=O)(=O)[O-])c1.[Ca+2]. The van der Waals surface area contributed by atoms with Crippen LogP contribution in [-0.4, -0.2) is 68.8 Å². The molecule has 10 nitrogen and oxygen atoms in total. The molecule has 4 aromatic carbocycles. The van der Waals surface area contributed by atoms with Gasteiger partial charge in [0.15, 0.2) is 0 Å². The van der Waals surface area contributed by atoms with E-state index in [1.807, 2.05) is 6.07 Å². The Bertz CT molecular complexity index is 1810. The smallest absolute Gasteiger partial charge is 0.872 e. The zero-order valence-electron chi connectivity index (χ0n) is 33.5. The second-order valence-electron chi connectivity index (χ2n) is 14.1. The number of ether oxygens (including phenoxy) is 2. The fourth-order valence-corrected chi connectivity index (χ4v) is 7.50. The molecule has 0 aliphatic heterocycles. The van der Waals surface area contributed by atoms with Crippen molar-refractivity contribution in [1.29, 1.82) is 0 Å². The average Bonchev–Trinajstić information content (AvgIpc) is 3.16. The first-order valence-corrected chi connectivity index (χ1v) is 22.8. The minimum atomic E-state index is -4.67. The van der Waals surface area contributed by atoms with Gasteiger partial charge in [-0.05, 0) is 97.5 Å². The van der Waals surface area contributed by atoms with Gasteiger partial charge in [0.25, 0.3) is 10.1 Å². The van der Waals surface area contributed by atoms with Crippen LogP contribution in [0.15, 0.2) is 94.7 Å². The summed E-state index contributed by atoms with van der Waals surface area (Å²) in [6, 6.07) is 21.0. The molecule has 0 radical (unpaired) electrons. The van der Waals surface area contributed by atoms with Gasteiger partial charge >= 0.3 is 37.7 Å². The maximum absolute atomic E-state index is 11.8. The molecule has 57 heavy (non-hydrogen) atoms. The van der Waals surface area contributed by atoms with E-state index in [2.05, 4.69) is 13.8 Å². The first-order chi connectivity index (χ1) is 26.8. The Morgan fingerprint density at radius 1 is 0.526 bits per heavy atom. The van der Waals surface area contributed by atoms with Crippen molar-refractivity contribution in [2.45, 2.75) is 139 Å². The van der Waals surface area contributed by atoms with Crippen LogP contribution in [-0.2, 0) is 33.1 Å². The fraction of sp³-hybridized carbons (Fsp3) is 0.455. The predicted octanol–water partition coefficient (Wildman–Crippen LogP) is 10.9. The van der Waals surface area contributed by atoms with E-state index in [0.29, 0.717) is 11.5 Å². The number of aryl methyl sites for hydroxylation is 2. The Balaban J connectivity index is 0.000000387. The van der Waals surface area contributed by atoms with E-state index in [-0.39, 0.29) is 70.5 Å². The summed E-state index contributed by atoms with van der Waals surface area (Å²) in [6.07, 6.45) is 20.7. The van der Waals surface area contributed by atoms with Crippen LogP contribution in [0.5, 0.6) is 34.5 Å². The van der Waals surface area contributed by atoms with Gasteiger partial charge in [-0.25, -0.2) is 8.42 Å². The molecule has 0 fully saturated rings. The van der Waals surface area contributed by atoms with Gasteiger partial charge in [-0.2, -0.15) is 8.42 Å². The second kappa shape index (κ2) is 27.0. The Morgan fingerprint density at radius 2 is 0.895 bits per heavy atom. The predicted molar refractivity (Wildman–Crippen MR) is 223 cm³/mol. The minimum Gasteiger partial charge on any atom is -0.872 e. The molecule has 0 saturated heterocycles. The van der Waals surface area contributed by atoms with Crippen LogP contribution in [0.4, 0.5) is 0 Å². The Kier molecular flexibility index (Phi) is 23.8. The molecule has 0 aliphatic carbocycles. The molecular formula is C44H58CaO10S2. The summed E-state index contributed by atoms with van der Waals surface area (Å²) in [7, 11) is -9.08. The number of hydrogen-bond acceptors (Lipinski definition) is 9. The van der Waals surface area contributed by atoms with Crippen molar-refractivity contribution in [3.05, 3.63) is 96.1 Å². The molecular weight excluding hydrogens is 793 g/mol. The van der Waals surface area contributed by atoms with Crippen LogP contribution in [0.3, 0.4) is 0 Å². The van der Waals surface area contributed by atoms with E-state index in [1.165, 1.54) is 144 Å². The number of benzene rings is 4. The Labute approximate surface area is 370 Å². The van der Waals surface area contributed by atoms with Crippen molar-refractivity contribution in [3.63, 3.8) is 0 Å². The molecule has 0 heterocycles. The Hall–Kier alpha value is -2.84. The van der Waals surface area contributed by atoms with Crippen molar-refractivity contribution >= 4 is 58.0 Å². The molecule has 13 heteroatoms. The third-order valence-corrected chi connectivity index (χ3v) is 11.1. The van der Waals surface area contributed by atoms with Crippen molar-refractivity contribution in [1.82, 2.24) is 0 Å². The van der Waals surface area contributed by atoms with Crippen molar-refractivity contribution in [2.75, 3.05) is 0 Å². The normalized spacial score (nSPS) is 11.3. The molecule has 0 aliphatic rings. The zero-order chi connectivity index (χ0) is 40.8. The van der Waals surface area contributed by atoms with Crippen LogP contribution in [0.25, 0.3) is 0 Å². The quantitative estimate of drug-likeness (QED) is 0.0392. The topological polar surface area (TPSA) is 173 Å². The van der Waals surface area contributed by atoms with Gasteiger partial charge < -0.3 is 24.2 Å².